The number of nitrogens with one attached hydrogen (secondary N) is 1. The molecule has 0 aliphatic rings. The Morgan fingerprint density at radius 3 is 2.46 bits per heavy atom. The zero-order chi connectivity index (χ0) is 17.5. The number of carbonyl (C=O) groups is 2. The Hall–Kier alpha value is -2.62. The molecule has 0 spiro atoms. The van der Waals surface area contributed by atoms with Crippen LogP contribution in [-0.4, -0.2) is 24.9 Å². The minimum absolute atomic E-state index is 0.0303. The summed E-state index contributed by atoms with van der Waals surface area (Å²) < 4.78 is 0. The van der Waals surface area contributed by atoms with Crippen LogP contribution < -0.4 is 10.2 Å². The SMILES string of the molecule is CC(=O)N(CCNC(=O)Cc1cccc(C)c1)c1ccccc1C. The average Bonchev–Trinajstić information content (AvgIpc) is 2.52. The molecule has 126 valence electrons. The van der Waals surface area contributed by atoms with Crippen molar-refractivity contribution in [2.24, 2.45) is 0 Å². The first-order valence-electron chi connectivity index (χ1n) is 8.13. The van der Waals surface area contributed by atoms with Gasteiger partial charge in [-0.05, 0) is 31.0 Å². The van der Waals surface area contributed by atoms with Crippen molar-refractivity contribution in [3.8, 4) is 0 Å². The van der Waals surface area contributed by atoms with E-state index in [4.69, 9.17) is 0 Å². The van der Waals surface area contributed by atoms with Crippen LogP contribution in [0.3, 0.4) is 0 Å². The number of anilines is 1. The third kappa shape index (κ3) is 4.95. The van der Waals surface area contributed by atoms with E-state index < -0.39 is 0 Å². The highest BCUT2D eigenvalue weighted by atomic mass is 16.2. The van der Waals surface area contributed by atoms with Gasteiger partial charge in [0.15, 0.2) is 0 Å². The molecule has 2 aromatic carbocycles. The summed E-state index contributed by atoms with van der Waals surface area (Å²) in [6, 6.07) is 15.7. The lowest BCUT2D eigenvalue weighted by molar-refractivity contribution is -0.121. The van der Waals surface area contributed by atoms with Gasteiger partial charge in [-0.25, -0.2) is 0 Å². The number of aryl methyl sites for hydroxylation is 2. The van der Waals surface area contributed by atoms with Gasteiger partial charge in [-0.2, -0.15) is 0 Å². The molecule has 2 amide bonds. The van der Waals surface area contributed by atoms with Gasteiger partial charge in [0.05, 0.1) is 6.42 Å². The van der Waals surface area contributed by atoms with Crippen LogP contribution in [0.15, 0.2) is 48.5 Å². The molecule has 0 radical (unpaired) electrons. The minimum Gasteiger partial charge on any atom is -0.354 e. The van der Waals surface area contributed by atoms with Gasteiger partial charge in [-0.3, -0.25) is 9.59 Å². The van der Waals surface area contributed by atoms with Crippen LogP contribution in [0.1, 0.15) is 23.6 Å². The van der Waals surface area contributed by atoms with E-state index in [1.807, 2.05) is 62.4 Å². The summed E-state index contributed by atoms with van der Waals surface area (Å²) in [7, 11) is 0. The van der Waals surface area contributed by atoms with Gasteiger partial charge in [0.1, 0.15) is 0 Å². The fraction of sp³-hybridized carbons (Fsp3) is 0.300. The fourth-order valence-corrected chi connectivity index (χ4v) is 2.69. The van der Waals surface area contributed by atoms with Crippen molar-refractivity contribution in [2.45, 2.75) is 27.2 Å². The Balaban J connectivity index is 1.90. The second-order valence-corrected chi connectivity index (χ2v) is 5.97. The molecule has 0 aliphatic heterocycles. The highest BCUT2D eigenvalue weighted by molar-refractivity contribution is 5.92. The van der Waals surface area contributed by atoms with E-state index in [2.05, 4.69) is 5.32 Å². The summed E-state index contributed by atoms with van der Waals surface area (Å²) in [6.45, 7) is 6.41. The van der Waals surface area contributed by atoms with Gasteiger partial charge in [-0.15, -0.1) is 0 Å². The highest BCUT2D eigenvalue weighted by Crippen LogP contribution is 2.19. The number of hydrogen-bond donors (Lipinski definition) is 1. The zero-order valence-corrected chi connectivity index (χ0v) is 14.5. The molecule has 0 bridgehead atoms. The molecule has 0 fully saturated rings. The van der Waals surface area contributed by atoms with E-state index >= 15 is 0 Å². The molecule has 0 atom stereocenters. The molecule has 0 aliphatic carbocycles. The monoisotopic (exact) mass is 324 g/mol. The number of rotatable bonds is 6. The number of benzene rings is 2. The van der Waals surface area contributed by atoms with Crippen molar-refractivity contribution in [1.29, 1.82) is 0 Å². The molecule has 0 saturated carbocycles. The Morgan fingerprint density at radius 1 is 1.04 bits per heavy atom. The lowest BCUT2D eigenvalue weighted by Gasteiger charge is -2.23. The van der Waals surface area contributed by atoms with Crippen LogP contribution in [0.4, 0.5) is 5.69 Å². The predicted octanol–water partition coefficient (Wildman–Crippen LogP) is 3.02. The molecule has 2 aromatic rings. The van der Waals surface area contributed by atoms with Crippen molar-refractivity contribution >= 4 is 17.5 Å². The molecule has 0 unspecified atom stereocenters. The quantitative estimate of drug-likeness (QED) is 0.888. The number of hydrogen-bond acceptors (Lipinski definition) is 2. The third-order valence-corrected chi connectivity index (χ3v) is 3.89. The van der Waals surface area contributed by atoms with Crippen LogP contribution in [0.2, 0.25) is 0 Å². The maximum absolute atomic E-state index is 12.1. The number of amides is 2. The number of para-hydroxylation sites is 1. The summed E-state index contributed by atoms with van der Waals surface area (Å²) in [5.74, 6) is -0.0638. The van der Waals surface area contributed by atoms with E-state index in [0.29, 0.717) is 19.5 Å². The first-order chi connectivity index (χ1) is 11.5. The maximum atomic E-state index is 12.1. The molecule has 0 saturated heterocycles. The lowest BCUT2D eigenvalue weighted by atomic mass is 10.1. The summed E-state index contributed by atoms with van der Waals surface area (Å²) >= 11 is 0. The summed E-state index contributed by atoms with van der Waals surface area (Å²) in [6.07, 6.45) is 0.353. The van der Waals surface area contributed by atoms with Gasteiger partial charge in [0, 0.05) is 25.7 Å². The van der Waals surface area contributed by atoms with Gasteiger partial charge in [-0.1, -0.05) is 48.0 Å². The topological polar surface area (TPSA) is 49.4 Å². The van der Waals surface area contributed by atoms with Crippen molar-refractivity contribution in [2.75, 3.05) is 18.0 Å². The second kappa shape index (κ2) is 8.29. The maximum Gasteiger partial charge on any atom is 0.224 e. The van der Waals surface area contributed by atoms with Gasteiger partial charge in [0.25, 0.3) is 0 Å². The van der Waals surface area contributed by atoms with Gasteiger partial charge >= 0.3 is 0 Å². The Labute approximate surface area is 143 Å². The molecule has 4 heteroatoms. The fourth-order valence-electron chi connectivity index (χ4n) is 2.69. The number of nitrogens with zero attached hydrogens (tertiary/aromatic N) is 1. The molecule has 2 rings (SSSR count). The second-order valence-electron chi connectivity index (χ2n) is 5.97. The van der Waals surface area contributed by atoms with Crippen molar-refractivity contribution in [3.05, 3.63) is 65.2 Å². The van der Waals surface area contributed by atoms with Crippen molar-refractivity contribution < 1.29 is 9.59 Å². The van der Waals surface area contributed by atoms with E-state index in [9.17, 15) is 9.59 Å². The third-order valence-electron chi connectivity index (χ3n) is 3.89. The van der Waals surface area contributed by atoms with E-state index in [1.54, 1.807) is 11.8 Å². The predicted molar refractivity (Wildman–Crippen MR) is 97.1 cm³/mol. The highest BCUT2D eigenvalue weighted by Gasteiger charge is 2.13. The summed E-state index contributed by atoms with van der Waals surface area (Å²) in [4.78, 5) is 25.7. The largest absolute Gasteiger partial charge is 0.354 e. The molecule has 24 heavy (non-hydrogen) atoms. The summed E-state index contributed by atoms with van der Waals surface area (Å²) in [5.41, 5.74) is 4.06. The van der Waals surface area contributed by atoms with Crippen LogP contribution in [0.5, 0.6) is 0 Å². The van der Waals surface area contributed by atoms with Crippen LogP contribution in [-0.2, 0) is 16.0 Å². The van der Waals surface area contributed by atoms with Crippen LogP contribution in [0, 0.1) is 13.8 Å². The standard InChI is InChI=1S/C20H24N2O2/c1-15-7-6-9-18(13-15)14-20(24)21-11-12-22(17(3)23)19-10-5-4-8-16(19)2/h4-10,13H,11-12,14H2,1-3H3,(H,21,24). The number of carbonyl (C=O) groups excluding carboxylic acids is 2. The molecular formula is C20H24N2O2. The molecule has 0 aromatic heterocycles. The van der Waals surface area contributed by atoms with E-state index in [1.165, 1.54) is 0 Å². The molecule has 0 heterocycles. The first-order valence-corrected chi connectivity index (χ1v) is 8.13. The van der Waals surface area contributed by atoms with Crippen molar-refractivity contribution in [3.63, 3.8) is 0 Å². The Bertz CT molecular complexity index is 725. The smallest absolute Gasteiger partial charge is 0.224 e. The van der Waals surface area contributed by atoms with Gasteiger partial charge in [0.2, 0.25) is 11.8 Å². The first kappa shape index (κ1) is 17.7. The molecule has 1 N–H and O–H groups in total. The summed E-state index contributed by atoms with van der Waals surface area (Å²) in [5, 5.41) is 2.89. The molecule has 4 nitrogen and oxygen atoms in total. The average molecular weight is 324 g/mol. The van der Waals surface area contributed by atoms with Crippen LogP contribution in [0.25, 0.3) is 0 Å². The minimum atomic E-state index is -0.0334. The normalized spacial score (nSPS) is 10.3. The van der Waals surface area contributed by atoms with E-state index in [-0.39, 0.29) is 11.8 Å². The van der Waals surface area contributed by atoms with Crippen LogP contribution >= 0.6 is 0 Å². The van der Waals surface area contributed by atoms with Crippen molar-refractivity contribution in [1.82, 2.24) is 5.32 Å². The Kier molecular flexibility index (Phi) is 6.13. The lowest BCUT2D eigenvalue weighted by Crippen LogP contribution is -2.38. The van der Waals surface area contributed by atoms with E-state index in [0.717, 1.165) is 22.4 Å². The zero-order valence-electron chi connectivity index (χ0n) is 14.5. The van der Waals surface area contributed by atoms with Gasteiger partial charge < -0.3 is 10.2 Å². The Morgan fingerprint density at radius 2 is 1.79 bits per heavy atom. The molecular weight excluding hydrogens is 300 g/mol.